The zero-order chi connectivity index (χ0) is 35.3. The Labute approximate surface area is 311 Å². The molecule has 4 N–H and O–H groups in total. The molecule has 4 aromatic heterocycles. The Balaban J connectivity index is 0.00000400. The number of H-pyrrole nitrogens is 2. The normalized spacial score (nSPS) is 15.8. The number of amides is 1. The first-order chi connectivity index (χ1) is 25.3. The van der Waals surface area contributed by atoms with Gasteiger partial charge < -0.3 is 42.1 Å². The Morgan fingerprint density at radius 2 is 1.17 bits per heavy atom. The van der Waals surface area contributed by atoms with Gasteiger partial charge in [-0.2, -0.15) is 0 Å². The maximum absolute atomic E-state index is 13.1. The maximum Gasteiger partial charge on any atom is 0.258 e. The lowest BCUT2D eigenvalue weighted by atomic mass is 9.90. The van der Waals surface area contributed by atoms with Crippen LogP contribution in [0.25, 0.3) is 21.8 Å². The Kier molecular flexibility index (Phi) is 8.66. The number of hydrogen-bond donors (Lipinski definition) is 4. The fourth-order valence-electron chi connectivity index (χ4n) is 7.47. The molecule has 3 aromatic carbocycles. The van der Waals surface area contributed by atoms with E-state index in [9.17, 15) is 14.4 Å². The van der Waals surface area contributed by atoms with E-state index in [4.69, 9.17) is 0 Å². The third-order valence-corrected chi connectivity index (χ3v) is 10.0. The van der Waals surface area contributed by atoms with Crippen molar-refractivity contribution in [3.63, 3.8) is 0 Å². The quantitative estimate of drug-likeness (QED) is 0.144. The summed E-state index contributed by atoms with van der Waals surface area (Å²) in [5.74, 6) is 0.894. The molecule has 16 nitrogen and oxygen atoms in total. The molecule has 0 aliphatic carbocycles. The largest absolute Gasteiger partial charge is 1.00 e. The summed E-state index contributed by atoms with van der Waals surface area (Å²) in [5.41, 5.74) is 3.28. The SMILES string of the molecule is O=C1NC2(CC[N+](Cc3cn(Cc4nc5ccccc5c(=O)[nH]4)nn3)(Cc3cn(Cc4nc5ccccc5c(=O)[nH]4)nn3)CC2)Nc2ccccc21.[Br-]. The van der Waals surface area contributed by atoms with Crippen LogP contribution in [0, 0.1) is 0 Å². The fourth-order valence-corrected chi connectivity index (χ4v) is 7.47. The summed E-state index contributed by atoms with van der Waals surface area (Å²) in [6, 6.07) is 22.0. The van der Waals surface area contributed by atoms with E-state index in [2.05, 4.69) is 51.2 Å². The predicted molar refractivity (Wildman–Crippen MR) is 190 cm³/mol. The predicted octanol–water partition coefficient (Wildman–Crippen LogP) is -0.694. The number of quaternary nitrogens is 1. The van der Waals surface area contributed by atoms with Gasteiger partial charge in [0, 0.05) is 18.5 Å². The molecule has 1 fully saturated rings. The van der Waals surface area contributed by atoms with E-state index in [1.54, 1.807) is 21.5 Å². The first-order valence-corrected chi connectivity index (χ1v) is 17.1. The molecule has 1 amide bonds. The molecule has 0 saturated carbocycles. The number of carbonyl (C=O) groups excluding carboxylic acids is 1. The number of nitrogens with one attached hydrogen (secondary N) is 4. The minimum atomic E-state index is -0.580. The number of likely N-dealkylation sites (tertiary alicyclic amines) is 1. The molecule has 0 radical (unpaired) electrons. The van der Waals surface area contributed by atoms with Crippen molar-refractivity contribution in [1.29, 1.82) is 0 Å². The van der Waals surface area contributed by atoms with Crippen molar-refractivity contribution < 1.29 is 26.3 Å². The van der Waals surface area contributed by atoms with Crippen LogP contribution < -0.4 is 38.7 Å². The lowest BCUT2D eigenvalue weighted by molar-refractivity contribution is -0.959. The minimum Gasteiger partial charge on any atom is -1.00 e. The van der Waals surface area contributed by atoms with Crippen LogP contribution in [0.5, 0.6) is 0 Å². The zero-order valence-electron chi connectivity index (χ0n) is 28.4. The van der Waals surface area contributed by atoms with Gasteiger partial charge in [0.2, 0.25) is 0 Å². The second kappa shape index (κ2) is 13.5. The van der Waals surface area contributed by atoms with Gasteiger partial charge in [-0.05, 0) is 36.4 Å². The van der Waals surface area contributed by atoms with E-state index in [1.807, 2.05) is 73.1 Å². The van der Waals surface area contributed by atoms with Crippen LogP contribution in [0.3, 0.4) is 0 Å². The van der Waals surface area contributed by atoms with Crippen LogP contribution in [0.1, 0.15) is 46.2 Å². The molecule has 0 bridgehead atoms. The lowest BCUT2D eigenvalue weighted by Crippen LogP contribution is -3.00. The van der Waals surface area contributed by atoms with Gasteiger partial charge in [0.25, 0.3) is 17.0 Å². The van der Waals surface area contributed by atoms with Gasteiger partial charge in [-0.1, -0.05) is 46.8 Å². The Bertz CT molecular complexity index is 2470. The molecule has 2 aliphatic rings. The highest BCUT2D eigenvalue weighted by Gasteiger charge is 2.46. The molecule has 0 unspecified atom stereocenters. The number of benzene rings is 3. The van der Waals surface area contributed by atoms with Crippen molar-refractivity contribution in [2.24, 2.45) is 0 Å². The molecule has 9 rings (SSSR count). The molecular formula is C36H34BrN13O3. The van der Waals surface area contributed by atoms with Gasteiger partial charge in [0.05, 0.1) is 52.9 Å². The number of anilines is 1. The fraction of sp³-hybridized carbons (Fsp3) is 0.250. The molecular weight excluding hydrogens is 742 g/mol. The molecule has 7 aromatic rings. The summed E-state index contributed by atoms with van der Waals surface area (Å²) in [4.78, 5) is 53.4. The van der Waals surface area contributed by atoms with Crippen molar-refractivity contribution in [1.82, 2.24) is 55.2 Å². The summed E-state index contributed by atoms with van der Waals surface area (Å²) in [5, 5.41) is 25.8. The summed E-state index contributed by atoms with van der Waals surface area (Å²) in [6.45, 7) is 3.02. The van der Waals surface area contributed by atoms with Gasteiger partial charge in [-0.25, -0.2) is 19.3 Å². The van der Waals surface area contributed by atoms with Crippen molar-refractivity contribution in [3.05, 3.63) is 134 Å². The Morgan fingerprint density at radius 3 is 1.74 bits per heavy atom. The van der Waals surface area contributed by atoms with Crippen LogP contribution in [-0.4, -0.2) is 79.1 Å². The van der Waals surface area contributed by atoms with Gasteiger partial charge in [0.15, 0.2) is 0 Å². The summed E-state index contributed by atoms with van der Waals surface area (Å²) < 4.78 is 3.95. The van der Waals surface area contributed by atoms with Gasteiger partial charge in [-0.15, -0.1) is 10.2 Å². The number of para-hydroxylation sites is 3. The average molecular weight is 777 g/mol. The first kappa shape index (κ1) is 34.0. The van der Waals surface area contributed by atoms with Gasteiger partial charge >= 0.3 is 0 Å². The Morgan fingerprint density at radius 1 is 0.660 bits per heavy atom. The third kappa shape index (κ3) is 6.71. The minimum absolute atomic E-state index is 0. The first-order valence-electron chi connectivity index (χ1n) is 17.1. The monoisotopic (exact) mass is 775 g/mol. The van der Waals surface area contributed by atoms with E-state index in [-0.39, 0.29) is 47.1 Å². The standard InChI is InChI=1S/C36H33N13O3.BrH/c50-33-25-7-1-4-10-28(25)37-31(39-33)19-47-17-23(43-45-47)21-49(15-13-36(14-16-49)41-30-12-6-3-9-27(30)35(52)42-36)22-24-18-48(46-44-24)20-32-38-29-11-5-2-8-26(29)34(51)40-32;/h1-12,17-18H,13-16,19-22H2,(H3-,37,38,39,40,41,42,50,51,52);1H. The van der Waals surface area contributed by atoms with Crippen molar-refractivity contribution in [3.8, 4) is 0 Å². The summed E-state index contributed by atoms with van der Waals surface area (Å²) in [7, 11) is 0. The number of hydrogen-bond acceptors (Lipinski definition) is 10. The van der Waals surface area contributed by atoms with Gasteiger partial charge in [0.1, 0.15) is 54.9 Å². The molecule has 17 heteroatoms. The average Bonchev–Trinajstić information content (AvgIpc) is 3.78. The summed E-state index contributed by atoms with van der Waals surface area (Å²) in [6.07, 6.45) is 5.10. The number of carbonyl (C=O) groups is 1. The van der Waals surface area contributed by atoms with E-state index in [1.165, 1.54) is 0 Å². The smallest absolute Gasteiger partial charge is 0.258 e. The second-order valence-electron chi connectivity index (χ2n) is 13.7. The molecule has 0 atom stereocenters. The highest BCUT2D eigenvalue weighted by Crippen LogP contribution is 2.35. The van der Waals surface area contributed by atoms with Crippen LogP contribution in [0.4, 0.5) is 5.69 Å². The number of aromatic nitrogens is 10. The number of nitrogens with zero attached hydrogens (tertiary/aromatic N) is 9. The van der Waals surface area contributed by atoms with Crippen molar-refractivity contribution in [2.75, 3.05) is 18.4 Å². The maximum atomic E-state index is 13.1. The lowest BCUT2D eigenvalue weighted by Gasteiger charge is -2.50. The highest BCUT2D eigenvalue weighted by molar-refractivity contribution is 6.02. The molecule has 1 spiro atoms. The number of halogens is 1. The van der Waals surface area contributed by atoms with Crippen molar-refractivity contribution in [2.45, 2.75) is 44.7 Å². The number of piperidine rings is 1. The summed E-state index contributed by atoms with van der Waals surface area (Å²) >= 11 is 0. The number of fused-ring (bicyclic) bond motifs is 3. The number of rotatable bonds is 8. The molecule has 2 aliphatic heterocycles. The highest BCUT2D eigenvalue weighted by atomic mass is 79.9. The topological polar surface area (TPSA) is 194 Å². The van der Waals surface area contributed by atoms with Gasteiger partial charge in [-0.3, -0.25) is 14.4 Å². The van der Waals surface area contributed by atoms with Crippen LogP contribution >= 0.6 is 0 Å². The van der Waals surface area contributed by atoms with Crippen LogP contribution in [-0.2, 0) is 26.2 Å². The van der Waals surface area contributed by atoms with E-state index >= 15 is 0 Å². The molecule has 1 saturated heterocycles. The van der Waals surface area contributed by atoms with E-state index in [0.717, 1.165) is 17.1 Å². The van der Waals surface area contributed by atoms with Crippen LogP contribution in [0.15, 0.2) is 94.8 Å². The molecule has 53 heavy (non-hydrogen) atoms. The van der Waals surface area contributed by atoms with Crippen molar-refractivity contribution >= 4 is 33.4 Å². The Hall–Kier alpha value is -6.07. The van der Waals surface area contributed by atoms with E-state index in [0.29, 0.717) is 82.5 Å². The zero-order valence-corrected chi connectivity index (χ0v) is 30.0. The molecule has 6 heterocycles. The third-order valence-electron chi connectivity index (χ3n) is 10.0. The molecule has 268 valence electrons. The van der Waals surface area contributed by atoms with Crippen LogP contribution in [0.2, 0.25) is 0 Å². The van der Waals surface area contributed by atoms with E-state index < -0.39 is 5.66 Å². The number of aromatic amines is 2. The second-order valence-corrected chi connectivity index (χ2v) is 13.7.